The number of amides is 2. The van der Waals surface area contributed by atoms with Crippen molar-refractivity contribution < 1.29 is 14.0 Å². The van der Waals surface area contributed by atoms with Crippen molar-refractivity contribution in [1.29, 1.82) is 0 Å². The Hall–Kier alpha value is -4.40. The highest BCUT2D eigenvalue weighted by atomic mass is 16.3. The number of benzene rings is 2. The van der Waals surface area contributed by atoms with Crippen molar-refractivity contribution in [2.45, 2.75) is 52.7 Å². The molecule has 0 spiro atoms. The molecule has 0 unspecified atom stereocenters. The van der Waals surface area contributed by atoms with Crippen LogP contribution in [-0.2, 0) is 29.2 Å². The molecule has 9 nitrogen and oxygen atoms in total. The summed E-state index contributed by atoms with van der Waals surface area (Å²) in [6, 6.07) is 15.9. The lowest BCUT2D eigenvalue weighted by Crippen LogP contribution is -2.41. The number of aryl methyl sites for hydroxylation is 2. The van der Waals surface area contributed by atoms with Gasteiger partial charge in [0, 0.05) is 18.7 Å². The fraction of sp³-hybridized carbons (Fsp3) is 0.286. The maximum absolute atomic E-state index is 13.3. The van der Waals surface area contributed by atoms with E-state index in [0.29, 0.717) is 41.7 Å². The molecule has 0 saturated carbocycles. The van der Waals surface area contributed by atoms with Crippen molar-refractivity contribution >= 4 is 28.4 Å². The summed E-state index contributed by atoms with van der Waals surface area (Å²) in [4.78, 5) is 51.3. The van der Waals surface area contributed by atoms with Crippen molar-refractivity contribution in [3.63, 3.8) is 0 Å². The van der Waals surface area contributed by atoms with E-state index in [2.05, 4.69) is 10.6 Å². The lowest BCUT2D eigenvalue weighted by molar-refractivity contribution is -0.121. The number of unbranched alkanes of at least 4 members (excludes halogenated alkanes) is 1. The summed E-state index contributed by atoms with van der Waals surface area (Å²) in [6.07, 6.45) is 2.75. The topological polar surface area (TPSA) is 115 Å². The average molecular weight is 503 g/mol. The van der Waals surface area contributed by atoms with Crippen LogP contribution in [0.3, 0.4) is 0 Å². The summed E-state index contributed by atoms with van der Waals surface area (Å²) in [5.74, 6) is 0.162. The van der Waals surface area contributed by atoms with Gasteiger partial charge in [0.05, 0.1) is 23.7 Å². The molecule has 2 aromatic heterocycles. The van der Waals surface area contributed by atoms with E-state index < -0.39 is 11.2 Å². The average Bonchev–Trinajstić information content (AvgIpc) is 3.41. The first-order valence-electron chi connectivity index (χ1n) is 12.2. The number of hydrogen-bond donors (Lipinski definition) is 2. The Bertz CT molecular complexity index is 1530. The predicted octanol–water partition coefficient (Wildman–Crippen LogP) is 3.50. The molecule has 0 aliphatic heterocycles. The Morgan fingerprint density at radius 1 is 0.892 bits per heavy atom. The Kier molecular flexibility index (Phi) is 8.02. The van der Waals surface area contributed by atoms with Crippen LogP contribution in [-0.4, -0.2) is 20.9 Å². The lowest BCUT2D eigenvalue weighted by Gasteiger charge is -2.14. The zero-order chi connectivity index (χ0) is 26.4. The van der Waals surface area contributed by atoms with E-state index in [4.69, 9.17) is 4.42 Å². The molecule has 0 fully saturated rings. The number of rotatable bonds is 10. The third kappa shape index (κ3) is 6.24. The normalized spacial score (nSPS) is 11.0. The summed E-state index contributed by atoms with van der Waals surface area (Å²) in [5.41, 5.74) is 2.24. The molecule has 9 heteroatoms. The lowest BCUT2D eigenvalue weighted by atomic mass is 10.1. The fourth-order valence-corrected chi connectivity index (χ4v) is 4.13. The van der Waals surface area contributed by atoms with Gasteiger partial charge in [-0.1, -0.05) is 18.2 Å². The summed E-state index contributed by atoms with van der Waals surface area (Å²) in [7, 11) is 0. The molecule has 4 rings (SSSR count). The van der Waals surface area contributed by atoms with E-state index in [-0.39, 0.29) is 31.3 Å². The number of carbonyl (C=O) groups is 2. The summed E-state index contributed by atoms with van der Waals surface area (Å²) in [6.45, 7) is 4.17. The quantitative estimate of drug-likeness (QED) is 0.322. The van der Waals surface area contributed by atoms with Crippen LogP contribution < -0.4 is 21.9 Å². The molecule has 2 heterocycles. The van der Waals surface area contributed by atoms with Crippen LogP contribution in [0.25, 0.3) is 10.9 Å². The van der Waals surface area contributed by atoms with Gasteiger partial charge in [0.15, 0.2) is 0 Å². The first-order valence-corrected chi connectivity index (χ1v) is 12.2. The Balaban J connectivity index is 1.46. The molecule has 192 valence electrons. The molecule has 2 N–H and O–H groups in total. The summed E-state index contributed by atoms with van der Waals surface area (Å²) >= 11 is 0. The Labute approximate surface area is 213 Å². The molecular formula is C28H30N4O5. The molecule has 0 atom stereocenters. The fourth-order valence-electron chi connectivity index (χ4n) is 4.13. The second-order valence-corrected chi connectivity index (χ2v) is 9.00. The van der Waals surface area contributed by atoms with E-state index in [1.807, 2.05) is 32.0 Å². The minimum Gasteiger partial charge on any atom is -0.467 e. The van der Waals surface area contributed by atoms with E-state index in [0.717, 1.165) is 15.7 Å². The van der Waals surface area contributed by atoms with Crippen LogP contribution in [0.1, 0.15) is 36.1 Å². The molecule has 2 aromatic carbocycles. The van der Waals surface area contributed by atoms with Gasteiger partial charge in [-0.2, -0.15) is 0 Å². The monoisotopic (exact) mass is 502 g/mol. The third-order valence-corrected chi connectivity index (χ3v) is 6.30. The summed E-state index contributed by atoms with van der Waals surface area (Å²) < 4.78 is 7.66. The second-order valence-electron chi connectivity index (χ2n) is 9.00. The van der Waals surface area contributed by atoms with Gasteiger partial charge in [0.1, 0.15) is 12.3 Å². The van der Waals surface area contributed by atoms with Crippen molar-refractivity contribution in [2.75, 3.05) is 5.32 Å². The minimum atomic E-state index is -0.554. The Morgan fingerprint density at radius 3 is 2.46 bits per heavy atom. The molecule has 0 radical (unpaired) electrons. The highest BCUT2D eigenvalue weighted by molar-refractivity contribution is 5.91. The Morgan fingerprint density at radius 2 is 1.70 bits per heavy atom. The van der Waals surface area contributed by atoms with Crippen molar-refractivity contribution in [3.05, 3.63) is 98.6 Å². The summed E-state index contributed by atoms with van der Waals surface area (Å²) in [5, 5.41) is 5.97. The van der Waals surface area contributed by atoms with Gasteiger partial charge in [-0.25, -0.2) is 4.79 Å². The van der Waals surface area contributed by atoms with Gasteiger partial charge in [0.2, 0.25) is 11.8 Å². The van der Waals surface area contributed by atoms with Crippen molar-refractivity contribution in [3.8, 4) is 0 Å². The molecule has 0 saturated heterocycles. The number of fused-ring (bicyclic) bond motifs is 1. The van der Waals surface area contributed by atoms with Gasteiger partial charge in [-0.3, -0.25) is 23.5 Å². The van der Waals surface area contributed by atoms with Crippen LogP contribution in [0.15, 0.2) is 74.9 Å². The predicted molar refractivity (Wildman–Crippen MR) is 141 cm³/mol. The molecule has 0 bridgehead atoms. The smallest absolute Gasteiger partial charge is 0.331 e. The SMILES string of the molecule is Cc1ccc(NC(=O)Cn2c(=O)n(CCCCC(=O)NCc3ccco3)c(=O)c3ccccc32)cc1C. The van der Waals surface area contributed by atoms with Crippen LogP contribution in [0.2, 0.25) is 0 Å². The molecule has 4 aromatic rings. The van der Waals surface area contributed by atoms with Crippen LogP contribution in [0.5, 0.6) is 0 Å². The van der Waals surface area contributed by atoms with Gasteiger partial charge in [-0.05, 0) is 74.2 Å². The van der Waals surface area contributed by atoms with Crippen molar-refractivity contribution in [2.24, 2.45) is 0 Å². The molecule has 2 amide bonds. The minimum absolute atomic E-state index is 0.136. The van der Waals surface area contributed by atoms with Gasteiger partial charge >= 0.3 is 5.69 Å². The van der Waals surface area contributed by atoms with Gasteiger partial charge < -0.3 is 15.1 Å². The van der Waals surface area contributed by atoms with Crippen LogP contribution in [0.4, 0.5) is 5.69 Å². The molecule has 37 heavy (non-hydrogen) atoms. The van der Waals surface area contributed by atoms with Crippen molar-refractivity contribution in [1.82, 2.24) is 14.5 Å². The van der Waals surface area contributed by atoms with E-state index in [1.165, 1.54) is 4.57 Å². The van der Waals surface area contributed by atoms with E-state index in [1.54, 1.807) is 42.7 Å². The van der Waals surface area contributed by atoms with E-state index in [9.17, 15) is 19.2 Å². The largest absolute Gasteiger partial charge is 0.467 e. The number of para-hydroxylation sites is 1. The van der Waals surface area contributed by atoms with Gasteiger partial charge in [-0.15, -0.1) is 0 Å². The highest BCUT2D eigenvalue weighted by Gasteiger charge is 2.15. The number of aromatic nitrogens is 2. The molecule has 0 aliphatic rings. The van der Waals surface area contributed by atoms with Gasteiger partial charge in [0.25, 0.3) is 5.56 Å². The number of nitrogens with zero attached hydrogens (tertiary/aromatic N) is 2. The number of furan rings is 1. The molecular weight excluding hydrogens is 472 g/mol. The van der Waals surface area contributed by atoms with E-state index >= 15 is 0 Å². The maximum atomic E-state index is 13.3. The number of nitrogens with one attached hydrogen (secondary N) is 2. The van der Waals surface area contributed by atoms with Crippen LogP contribution >= 0.6 is 0 Å². The standard InChI is InChI=1S/C28H30N4O5/c1-19-12-13-21(16-20(19)2)30-26(34)18-32-24-10-4-3-9-23(24)27(35)31(28(32)36)14-6-5-11-25(33)29-17-22-8-7-15-37-22/h3-4,7-10,12-13,15-16H,5-6,11,14,17-18H2,1-2H3,(H,29,33)(H,30,34). The first-order chi connectivity index (χ1) is 17.8. The zero-order valence-corrected chi connectivity index (χ0v) is 21.0. The number of carbonyl (C=O) groups excluding carboxylic acids is 2. The second kappa shape index (κ2) is 11.6. The highest BCUT2D eigenvalue weighted by Crippen LogP contribution is 2.15. The maximum Gasteiger partial charge on any atom is 0.331 e. The number of hydrogen-bond acceptors (Lipinski definition) is 5. The zero-order valence-electron chi connectivity index (χ0n) is 21.0. The molecule has 0 aliphatic carbocycles. The third-order valence-electron chi connectivity index (χ3n) is 6.30. The number of anilines is 1. The van der Waals surface area contributed by atoms with Crippen LogP contribution in [0, 0.1) is 13.8 Å². The first kappa shape index (κ1) is 25.7.